The Morgan fingerprint density at radius 2 is 2.29 bits per heavy atom. The van der Waals surface area contributed by atoms with Crippen molar-refractivity contribution in [1.29, 1.82) is 5.26 Å². The molecule has 1 fully saturated rings. The van der Waals surface area contributed by atoms with Gasteiger partial charge in [0.25, 0.3) is 0 Å². The quantitative estimate of drug-likeness (QED) is 0.917. The molecule has 1 unspecified atom stereocenters. The van der Waals surface area contributed by atoms with Crippen molar-refractivity contribution in [3.8, 4) is 6.07 Å². The molecule has 1 atom stereocenters. The van der Waals surface area contributed by atoms with Gasteiger partial charge in [-0.3, -0.25) is 0 Å². The maximum atomic E-state index is 12.9. The van der Waals surface area contributed by atoms with E-state index in [0.717, 1.165) is 19.4 Å². The zero-order chi connectivity index (χ0) is 15.5. The van der Waals surface area contributed by atoms with Gasteiger partial charge in [-0.1, -0.05) is 18.5 Å². The fourth-order valence-corrected chi connectivity index (χ4v) is 4.77. The molecule has 0 aliphatic carbocycles. The highest BCUT2D eigenvalue weighted by atomic mass is 35.5. The molecular weight excluding hydrogens is 310 g/mol. The molecule has 1 aliphatic rings. The molecule has 0 amide bonds. The molecule has 1 aromatic rings. The molecule has 0 aromatic heterocycles. The van der Waals surface area contributed by atoms with Crippen molar-refractivity contribution in [2.75, 3.05) is 19.6 Å². The van der Waals surface area contributed by atoms with Crippen LogP contribution in [0.1, 0.15) is 25.3 Å². The molecule has 114 valence electrons. The average molecular weight is 328 g/mol. The molecule has 21 heavy (non-hydrogen) atoms. The van der Waals surface area contributed by atoms with Crippen LogP contribution in [0.3, 0.4) is 0 Å². The number of benzene rings is 1. The lowest BCUT2D eigenvalue weighted by molar-refractivity contribution is 0.274. The molecule has 7 heteroatoms. The van der Waals surface area contributed by atoms with Crippen LogP contribution in [0.25, 0.3) is 0 Å². The van der Waals surface area contributed by atoms with Crippen LogP contribution >= 0.6 is 11.6 Å². The topological polar surface area (TPSA) is 73.2 Å². The van der Waals surface area contributed by atoms with E-state index in [0.29, 0.717) is 13.1 Å². The maximum Gasteiger partial charge on any atom is 0.244 e. The van der Waals surface area contributed by atoms with Crippen molar-refractivity contribution < 1.29 is 8.42 Å². The third-order valence-electron chi connectivity index (χ3n) is 3.64. The van der Waals surface area contributed by atoms with Crippen molar-refractivity contribution >= 4 is 21.6 Å². The highest BCUT2D eigenvalue weighted by Gasteiger charge is 2.32. The summed E-state index contributed by atoms with van der Waals surface area (Å²) in [6, 6.07) is 6.19. The first-order chi connectivity index (χ1) is 10.0. The predicted octanol–water partition coefficient (Wildman–Crippen LogP) is 1.97. The molecule has 1 saturated heterocycles. The maximum absolute atomic E-state index is 12.9. The largest absolute Gasteiger partial charge is 0.315 e. The van der Waals surface area contributed by atoms with Gasteiger partial charge in [0.1, 0.15) is 4.90 Å². The predicted molar refractivity (Wildman–Crippen MR) is 81.6 cm³/mol. The second-order valence-corrected chi connectivity index (χ2v) is 7.23. The van der Waals surface area contributed by atoms with Gasteiger partial charge >= 0.3 is 0 Å². The lowest BCUT2D eigenvalue weighted by Crippen LogP contribution is -2.48. The first kappa shape index (κ1) is 16.2. The van der Waals surface area contributed by atoms with E-state index in [1.165, 1.54) is 22.5 Å². The van der Waals surface area contributed by atoms with Gasteiger partial charge in [0.15, 0.2) is 0 Å². The fraction of sp³-hybridized carbons (Fsp3) is 0.500. The number of nitriles is 1. The minimum Gasteiger partial charge on any atom is -0.315 e. The highest BCUT2D eigenvalue weighted by molar-refractivity contribution is 7.89. The van der Waals surface area contributed by atoms with E-state index in [-0.39, 0.29) is 21.5 Å². The molecule has 1 aliphatic heterocycles. The SMILES string of the molecule is CCN(C1CCCNC1)S(=O)(=O)c1cc(C#N)ccc1Cl. The van der Waals surface area contributed by atoms with E-state index in [1.54, 1.807) is 0 Å². The van der Waals surface area contributed by atoms with Crippen LogP contribution in [0.15, 0.2) is 23.1 Å². The second kappa shape index (κ2) is 6.75. The van der Waals surface area contributed by atoms with Gasteiger partial charge in [-0.2, -0.15) is 9.57 Å². The summed E-state index contributed by atoms with van der Waals surface area (Å²) in [5.74, 6) is 0. The molecule has 0 spiro atoms. The Bertz CT molecular complexity index is 649. The molecule has 1 aromatic carbocycles. The number of rotatable bonds is 4. The smallest absolute Gasteiger partial charge is 0.244 e. The van der Waals surface area contributed by atoms with Crippen molar-refractivity contribution in [3.63, 3.8) is 0 Å². The Morgan fingerprint density at radius 1 is 1.52 bits per heavy atom. The van der Waals surface area contributed by atoms with Crippen molar-refractivity contribution in [2.24, 2.45) is 0 Å². The number of piperidine rings is 1. The van der Waals surface area contributed by atoms with E-state index >= 15 is 0 Å². The molecule has 5 nitrogen and oxygen atoms in total. The Balaban J connectivity index is 2.41. The van der Waals surface area contributed by atoms with Gasteiger partial charge in [-0.15, -0.1) is 0 Å². The zero-order valence-corrected chi connectivity index (χ0v) is 13.4. The lowest BCUT2D eigenvalue weighted by atomic mass is 10.1. The molecule has 1 N–H and O–H groups in total. The fourth-order valence-electron chi connectivity index (χ4n) is 2.60. The third-order valence-corrected chi connectivity index (χ3v) is 6.15. The summed E-state index contributed by atoms with van der Waals surface area (Å²) in [7, 11) is -3.70. The van der Waals surface area contributed by atoms with Gasteiger partial charge in [-0.05, 0) is 37.6 Å². The minimum atomic E-state index is -3.70. The average Bonchev–Trinajstić information content (AvgIpc) is 2.49. The normalized spacial score (nSPS) is 19.4. The Morgan fingerprint density at radius 3 is 2.86 bits per heavy atom. The first-order valence-corrected chi connectivity index (χ1v) is 8.74. The molecule has 1 heterocycles. The number of likely N-dealkylation sites (N-methyl/N-ethyl adjacent to an activating group) is 1. The Kier molecular flexibility index (Phi) is 5.22. The summed E-state index contributed by atoms with van der Waals surface area (Å²) in [4.78, 5) is 0.00985. The summed E-state index contributed by atoms with van der Waals surface area (Å²) in [6.45, 7) is 3.75. The van der Waals surface area contributed by atoms with E-state index in [4.69, 9.17) is 16.9 Å². The van der Waals surface area contributed by atoms with Gasteiger partial charge < -0.3 is 5.32 Å². The van der Waals surface area contributed by atoms with Gasteiger partial charge in [0.05, 0.1) is 16.7 Å². The number of hydrogen-bond donors (Lipinski definition) is 1. The molecule has 0 saturated carbocycles. The Labute approximate surface area is 130 Å². The van der Waals surface area contributed by atoms with Crippen molar-refractivity contribution in [1.82, 2.24) is 9.62 Å². The lowest BCUT2D eigenvalue weighted by Gasteiger charge is -2.33. The first-order valence-electron chi connectivity index (χ1n) is 6.93. The van der Waals surface area contributed by atoms with Crippen LogP contribution in [-0.4, -0.2) is 38.4 Å². The zero-order valence-electron chi connectivity index (χ0n) is 11.8. The van der Waals surface area contributed by atoms with E-state index < -0.39 is 10.0 Å². The van der Waals surface area contributed by atoms with E-state index in [2.05, 4.69) is 5.32 Å². The Hall–Kier alpha value is -1.13. The van der Waals surface area contributed by atoms with E-state index in [9.17, 15) is 8.42 Å². The van der Waals surface area contributed by atoms with Crippen LogP contribution < -0.4 is 5.32 Å². The van der Waals surface area contributed by atoms with Crippen molar-refractivity contribution in [2.45, 2.75) is 30.7 Å². The second-order valence-electron chi connectivity index (χ2n) is 4.97. The van der Waals surface area contributed by atoms with Crippen LogP contribution in [-0.2, 0) is 10.0 Å². The van der Waals surface area contributed by atoms with Crippen LogP contribution in [0, 0.1) is 11.3 Å². The minimum absolute atomic E-state index is 0.00985. The number of hydrogen-bond acceptors (Lipinski definition) is 4. The number of halogens is 1. The molecular formula is C14H18ClN3O2S. The van der Waals surface area contributed by atoms with Crippen LogP contribution in [0.2, 0.25) is 5.02 Å². The monoisotopic (exact) mass is 327 g/mol. The van der Waals surface area contributed by atoms with Gasteiger partial charge in [0.2, 0.25) is 10.0 Å². The summed E-state index contributed by atoms with van der Waals surface area (Å²) in [5, 5.41) is 12.3. The van der Waals surface area contributed by atoms with Gasteiger partial charge in [-0.25, -0.2) is 8.42 Å². The summed E-state index contributed by atoms with van der Waals surface area (Å²) < 4.78 is 27.2. The number of sulfonamides is 1. The standard InChI is InChI=1S/C14H18ClN3O2S/c1-2-18(12-4-3-7-17-10-12)21(19,20)14-8-11(9-16)5-6-13(14)15/h5-6,8,12,17H,2-4,7,10H2,1H3. The van der Waals surface area contributed by atoms with Crippen LogP contribution in [0.5, 0.6) is 0 Å². The highest BCUT2D eigenvalue weighted by Crippen LogP contribution is 2.28. The number of nitrogens with one attached hydrogen (secondary N) is 1. The van der Waals surface area contributed by atoms with E-state index in [1.807, 2.05) is 13.0 Å². The van der Waals surface area contributed by atoms with Crippen LogP contribution in [0.4, 0.5) is 0 Å². The summed E-state index contributed by atoms with van der Waals surface area (Å²) in [6.07, 6.45) is 1.78. The molecule has 0 bridgehead atoms. The third kappa shape index (κ3) is 3.38. The number of nitrogens with zero attached hydrogens (tertiary/aromatic N) is 2. The van der Waals surface area contributed by atoms with Crippen molar-refractivity contribution in [3.05, 3.63) is 28.8 Å². The van der Waals surface area contributed by atoms with Gasteiger partial charge in [0, 0.05) is 19.1 Å². The summed E-state index contributed by atoms with van der Waals surface area (Å²) in [5.41, 5.74) is 0.288. The molecule has 0 radical (unpaired) electrons. The molecule has 2 rings (SSSR count). The summed E-state index contributed by atoms with van der Waals surface area (Å²) >= 11 is 6.05.